The van der Waals surface area contributed by atoms with Crippen molar-refractivity contribution in [3.8, 4) is 0 Å². The van der Waals surface area contributed by atoms with Crippen LogP contribution in [0.2, 0.25) is 0 Å². The number of nitrogens with one attached hydrogen (secondary N) is 1. The maximum absolute atomic E-state index is 11.1. The fraction of sp³-hybridized carbons (Fsp3) is 0.350. The molecule has 0 fully saturated rings. The van der Waals surface area contributed by atoms with Crippen molar-refractivity contribution in [2.45, 2.75) is 49.7 Å². The SMILES string of the molecule is CC(=O)Nc1ccc(SCc2nc(N)c3c4c(sc3n2)CCCCC4)cc1. The number of hydrogen-bond donors (Lipinski definition) is 2. The number of fused-ring (bicyclic) bond motifs is 3. The number of rotatable bonds is 4. The Bertz CT molecular complexity index is 982. The minimum absolute atomic E-state index is 0.0677. The molecule has 0 spiro atoms. The van der Waals surface area contributed by atoms with Crippen molar-refractivity contribution in [2.24, 2.45) is 0 Å². The summed E-state index contributed by atoms with van der Waals surface area (Å²) in [6.45, 7) is 1.50. The first kappa shape index (κ1) is 18.3. The second kappa shape index (κ2) is 7.86. The monoisotopic (exact) mass is 398 g/mol. The van der Waals surface area contributed by atoms with E-state index in [2.05, 4.69) is 10.3 Å². The van der Waals surface area contributed by atoms with E-state index in [0.717, 1.165) is 39.5 Å². The van der Waals surface area contributed by atoms with Gasteiger partial charge in [0.2, 0.25) is 5.91 Å². The number of carbonyl (C=O) groups excluding carboxylic acids is 1. The molecule has 1 aliphatic rings. The predicted octanol–water partition coefficient (Wildman–Crippen LogP) is 4.79. The maximum Gasteiger partial charge on any atom is 0.221 e. The molecule has 140 valence electrons. The van der Waals surface area contributed by atoms with Crippen LogP contribution in [0.5, 0.6) is 0 Å². The molecule has 3 aromatic rings. The lowest BCUT2D eigenvalue weighted by atomic mass is 10.1. The van der Waals surface area contributed by atoms with Crippen molar-refractivity contribution in [2.75, 3.05) is 11.1 Å². The molecule has 0 saturated carbocycles. The molecule has 0 atom stereocenters. The van der Waals surface area contributed by atoms with Gasteiger partial charge in [0.15, 0.2) is 0 Å². The lowest BCUT2D eigenvalue weighted by molar-refractivity contribution is -0.114. The van der Waals surface area contributed by atoms with Gasteiger partial charge in [0.1, 0.15) is 16.5 Å². The number of thiophene rings is 1. The highest BCUT2D eigenvalue weighted by molar-refractivity contribution is 7.98. The second-order valence-corrected chi connectivity index (χ2v) is 8.90. The Balaban J connectivity index is 1.52. The van der Waals surface area contributed by atoms with Crippen LogP contribution in [0.25, 0.3) is 10.2 Å². The van der Waals surface area contributed by atoms with Crippen LogP contribution >= 0.6 is 23.1 Å². The van der Waals surface area contributed by atoms with E-state index in [4.69, 9.17) is 10.7 Å². The van der Waals surface area contributed by atoms with E-state index >= 15 is 0 Å². The van der Waals surface area contributed by atoms with Gasteiger partial charge in [0.05, 0.1) is 11.1 Å². The van der Waals surface area contributed by atoms with E-state index in [9.17, 15) is 4.79 Å². The summed E-state index contributed by atoms with van der Waals surface area (Å²) in [5, 5.41) is 3.86. The van der Waals surface area contributed by atoms with Gasteiger partial charge in [-0.3, -0.25) is 4.79 Å². The Kier molecular flexibility index (Phi) is 5.31. The first-order chi connectivity index (χ1) is 13.1. The van der Waals surface area contributed by atoms with Crippen LogP contribution in [0.4, 0.5) is 11.5 Å². The molecule has 5 nitrogen and oxygen atoms in total. The smallest absolute Gasteiger partial charge is 0.221 e. The topological polar surface area (TPSA) is 80.9 Å². The fourth-order valence-electron chi connectivity index (χ4n) is 3.46. The summed E-state index contributed by atoms with van der Waals surface area (Å²) in [5.41, 5.74) is 8.50. The van der Waals surface area contributed by atoms with Gasteiger partial charge < -0.3 is 11.1 Å². The number of benzene rings is 1. The molecule has 1 amide bonds. The molecule has 27 heavy (non-hydrogen) atoms. The zero-order chi connectivity index (χ0) is 18.8. The summed E-state index contributed by atoms with van der Waals surface area (Å²) in [4.78, 5) is 24.1. The molecule has 0 radical (unpaired) electrons. The predicted molar refractivity (Wildman–Crippen MR) is 113 cm³/mol. The first-order valence-electron chi connectivity index (χ1n) is 9.17. The Morgan fingerprint density at radius 3 is 2.74 bits per heavy atom. The Hall–Kier alpha value is -2.12. The van der Waals surface area contributed by atoms with Crippen LogP contribution in [0, 0.1) is 0 Å². The van der Waals surface area contributed by atoms with E-state index in [1.54, 1.807) is 23.1 Å². The van der Waals surface area contributed by atoms with Gasteiger partial charge in [-0.2, -0.15) is 0 Å². The highest BCUT2D eigenvalue weighted by Crippen LogP contribution is 2.37. The molecule has 3 N–H and O–H groups in total. The zero-order valence-corrected chi connectivity index (χ0v) is 16.9. The number of hydrogen-bond acceptors (Lipinski definition) is 6. The maximum atomic E-state index is 11.1. The van der Waals surface area contributed by atoms with Crippen molar-refractivity contribution in [1.82, 2.24) is 9.97 Å². The molecular weight excluding hydrogens is 376 g/mol. The second-order valence-electron chi connectivity index (χ2n) is 6.76. The summed E-state index contributed by atoms with van der Waals surface area (Å²) >= 11 is 3.46. The molecule has 0 bridgehead atoms. The number of nitrogens with two attached hydrogens (primary N) is 1. The summed E-state index contributed by atoms with van der Waals surface area (Å²) < 4.78 is 0. The van der Waals surface area contributed by atoms with Gasteiger partial charge in [-0.25, -0.2) is 9.97 Å². The van der Waals surface area contributed by atoms with Crippen LogP contribution < -0.4 is 11.1 Å². The Morgan fingerprint density at radius 1 is 1.19 bits per heavy atom. The van der Waals surface area contributed by atoms with E-state index < -0.39 is 0 Å². The molecule has 0 aliphatic heterocycles. The van der Waals surface area contributed by atoms with Gasteiger partial charge in [-0.1, -0.05) is 6.42 Å². The first-order valence-corrected chi connectivity index (χ1v) is 11.0. The van der Waals surface area contributed by atoms with Gasteiger partial charge >= 0.3 is 0 Å². The van der Waals surface area contributed by atoms with Crippen molar-refractivity contribution in [3.63, 3.8) is 0 Å². The van der Waals surface area contributed by atoms with Crippen molar-refractivity contribution < 1.29 is 4.79 Å². The van der Waals surface area contributed by atoms with Gasteiger partial charge in [-0.05, 0) is 55.5 Å². The van der Waals surface area contributed by atoms with E-state index in [1.165, 1.54) is 36.6 Å². The highest BCUT2D eigenvalue weighted by Gasteiger charge is 2.19. The summed E-state index contributed by atoms with van der Waals surface area (Å²) in [6, 6.07) is 7.78. The number of amides is 1. The van der Waals surface area contributed by atoms with Crippen LogP contribution in [0.3, 0.4) is 0 Å². The van der Waals surface area contributed by atoms with Crippen molar-refractivity contribution >= 4 is 50.7 Å². The minimum Gasteiger partial charge on any atom is -0.383 e. The normalized spacial score (nSPS) is 14.0. The highest BCUT2D eigenvalue weighted by atomic mass is 32.2. The number of carbonyl (C=O) groups is 1. The third-order valence-electron chi connectivity index (χ3n) is 4.68. The Labute approximate surface area is 166 Å². The fourth-order valence-corrected chi connectivity index (χ4v) is 5.50. The number of anilines is 2. The zero-order valence-electron chi connectivity index (χ0n) is 15.2. The van der Waals surface area contributed by atoms with E-state index in [1.807, 2.05) is 24.3 Å². The minimum atomic E-state index is -0.0677. The van der Waals surface area contributed by atoms with Gasteiger partial charge in [0, 0.05) is 22.4 Å². The average molecular weight is 399 g/mol. The molecule has 2 heterocycles. The molecule has 0 unspecified atom stereocenters. The average Bonchev–Trinajstić information content (AvgIpc) is 2.83. The molecule has 1 aliphatic carbocycles. The van der Waals surface area contributed by atoms with E-state index in [-0.39, 0.29) is 5.91 Å². The van der Waals surface area contributed by atoms with E-state index in [0.29, 0.717) is 11.6 Å². The molecule has 1 aromatic carbocycles. The third-order valence-corrected chi connectivity index (χ3v) is 6.88. The van der Waals surface area contributed by atoms with Crippen molar-refractivity contribution in [3.05, 3.63) is 40.5 Å². The third kappa shape index (κ3) is 4.09. The van der Waals surface area contributed by atoms with Crippen molar-refractivity contribution in [1.29, 1.82) is 0 Å². The number of nitrogen functional groups attached to an aromatic ring is 1. The Morgan fingerprint density at radius 2 is 1.96 bits per heavy atom. The summed E-state index contributed by atoms with van der Waals surface area (Å²) in [5.74, 6) is 1.99. The van der Waals surface area contributed by atoms with Gasteiger partial charge in [0.25, 0.3) is 0 Å². The number of nitrogens with zero attached hydrogens (tertiary/aromatic N) is 2. The largest absolute Gasteiger partial charge is 0.383 e. The standard InChI is InChI=1S/C20H22N4OS2/c1-12(25)22-13-7-9-14(10-8-13)26-11-17-23-19(21)18-15-5-3-2-4-6-16(15)27-20(18)24-17/h7-10H,2-6,11H2,1H3,(H,22,25)(H2,21,23,24). The molecule has 2 aromatic heterocycles. The quantitative estimate of drug-likeness (QED) is 0.488. The number of aryl methyl sites for hydroxylation is 2. The van der Waals surface area contributed by atoms with Crippen LogP contribution in [-0.4, -0.2) is 15.9 Å². The number of aromatic nitrogens is 2. The molecule has 0 saturated heterocycles. The molecule has 4 rings (SSSR count). The van der Waals surface area contributed by atoms with Crippen LogP contribution in [0.15, 0.2) is 29.2 Å². The van der Waals surface area contributed by atoms with Crippen LogP contribution in [0.1, 0.15) is 42.5 Å². The summed E-state index contributed by atoms with van der Waals surface area (Å²) in [6.07, 6.45) is 6.01. The van der Waals surface area contributed by atoms with Gasteiger partial charge in [-0.15, -0.1) is 23.1 Å². The lowest BCUT2D eigenvalue weighted by Gasteiger charge is -2.06. The lowest BCUT2D eigenvalue weighted by Crippen LogP contribution is -2.05. The molecule has 7 heteroatoms. The summed E-state index contributed by atoms with van der Waals surface area (Å²) in [7, 11) is 0. The van der Waals surface area contributed by atoms with Crippen LogP contribution in [-0.2, 0) is 23.4 Å². The molecular formula is C20H22N4OS2. The number of thioether (sulfide) groups is 1.